The Bertz CT molecular complexity index is 1420. The zero-order valence-corrected chi connectivity index (χ0v) is 25.7. The average Bonchev–Trinajstić information content (AvgIpc) is 3.63. The predicted molar refractivity (Wildman–Crippen MR) is 166 cm³/mol. The molecule has 5 rings (SSSR count). The Labute approximate surface area is 252 Å². The van der Waals surface area contributed by atoms with Crippen molar-refractivity contribution < 1.29 is 9.59 Å². The monoisotopic (exact) mass is 606 g/mol. The molecule has 1 fully saturated rings. The third kappa shape index (κ3) is 7.62. The van der Waals surface area contributed by atoms with E-state index in [1.807, 2.05) is 74.4 Å². The van der Waals surface area contributed by atoms with Gasteiger partial charge in [0.2, 0.25) is 22.1 Å². The highest BCUT2D eigenvalue weighted by atomic mass is 32.1. The van der Waals surface area contributed by atoms with Gasteiger partial charge in [-0.2, -0.15) is 0 Å². The number of rotatable bonds is 10. The lowest BCUT2D eigenvalue weighted by atomic mass is 9.82. The molecule has 4 aromatic heterocycles. The Hall–Kier alpha value is -4.04. The number of hydrogen-bond acceptors (Lipinski definition) is 12. The van der Waals surface area contributed by atoms with E-state index in [-0.39, 0.29) is 36.5 Å². The van der Waals surface area contributed by atoms with Crippen LogP contribution in [-0.2, 0) is 22.4 Å². The summed E-state index contributed by atoms with van der Waals surface area (Å²) in [6, 6.07) is 11.3. The van der Waals surface area contributed by atoms with Crippen LogP contribution in [-0.4, -0.2) is 70.4 Å². The molecule has 220 valence electrons. The van der Waals surface area contributed by atoms with Gasteiger partial charge in [0.25, 0.3) is 0 Å². The summed E-state index contributed by atoms with van der Waals surface area (Å²) in [6.45, 7) is 0. The lowest BCUT2D eigenvalue weighted by Gasteiger charge is -2.25. The second kappa shape index (κ2) is 13.3. The summed E-state index contributed by atoms with van der Waals surface area (Å²) in [5, 5.41) is 25.8. The second-order valence-electron chi connectivity index (χ2n) is 10.7. The number of carbonyl (C=O) groups is 2. The number of nitrogens with one attached hydrogen (secondary N) is 2. The van der Waals surface area contributed by atoms with Crippen LogP contribution < -0.4 is 20.4 Å². The van der Waals surface area contributed by atoms with Gasteiger partial charge >= 0.3 is 0 Å². The normalized spacial score (nSPS) is 16.6. The van der Waals surface area contributed by atoms with Crippen molar-refractivity contribution in [2.45, 2.75) is 50.4 Å². The first-order chi connectivity index (χ1) is 20.2. The van der Waals surface area contributed by atoms with E-state index < -0.39 is 0 Å². The fraction of sp³-hybridized carbons (Fsp3) is 0.429. The molecule has 4 aromatic rings. The number of anilines is 4. The zero-order valence-electron chi connectivity index (χ0n) is 24.1. The molecule has 1 saturated carbocycles. The first-order valence-corrected chi connectivity index (χ1v) is 15.4. The first-order valence-electron chi connectivity index (χ1n) is 13.8. The SMILES string of the molecule is CN(C)c1cccc(CC(=O)Nc2nnc([C@H]3CCC[C@H](c4nnc(NC(=O)Cc5cccc(N(C)C)n5)s4)C3)s2)n1. The van der Waals surface area contributed by atoms with Crippen molar-refractivity contribution in [3.63, 3.8) is 0 Å². The summed E-state index contributed by atoms with van der Waals surface area (Å²) >= 11 is 2.84. The third-order valence-electron chi connectivity index (χ3n) is 6.93. The van der Waals surface area contributed by atoms with Gasteiger partial charge in [0.1, 0.15) is 21.7 Å². The van der Waals surface area contributed by atoms with Gasteiger partial charge in [-0.3, -0.25) is 9.59 Å². The molecule has 42 heavy (non-hydrogen) atoms. The van der Waals surface area contributed by atoms with Crippen molar-refractivity contribution in [3.8, 4) is 0 Å². The van der Waals surface area contributed by atoms with E-state index in [2.05, 4.69) is 41.0 Å². The Morgan fingerprint density at radius 1 is 0.738 bits per heavy atom. The van der Waals surface area contributed by atoms with Gasteiger partial charge in [-0.15, -0.1) is 20.4 Å². The molecule has 1 aliphatic carbocycles. The molecule has 0 aliphatic heterocycles. The highest BCUT2D eigenvalue weighted by Crippen LogP contribution is 2.43. The van der Waals surface area contributed by atoms with Crippen LogP contribution in [0.2, 0.25) is 0 Å². The van der Waals surface area contributed by atoms with E-state index in [4.69, 9.17) is 0 Å². The van der Waals surface area contributed by atoms with Crippen LogP contribution in [0.1, 0.15) is 58.9 Å². The minimum atomic E-state index is -0.174. The second-order valence-corrected chi connectivity index (χ2v) is 12.7. The fourth-order valence-electron chi connectivity index (χ4n) is 4.82. The summed E-state index contributed by atoms with van der Waals surface area (Å²) in [5.41, 5.74) is 1.39. The summed E-state index contributed by atoms with van der Waals surface area (Å²) in [6.07, 6.45) is 4.23. The minimum absolute atomic E-state index is 0.164. The maximum absolute atomic E-state index is 12.6. The Morgan fingerprint density at radius 3 is 1.62 bits per heavy atom. The zero-order chi connectivity index (χ0) is 29.6. The predicted octanol–water partition coefficient (Wildman–Crippen LogP) is 4.12. The molecular weight excluding hydrogens is 573 g/mol. The Kier molecular flexibility index (Phi) is 9.32. The van der Waals surface area contributed by atoms with E-state index in [0.717, 1.165) is 47.3 Å². The van der Waals surface area contributed by atoms with E-state index in [0.29, 0.717) is 21.7 Å². The van der Waals surface area contributed by atoms with Crippen LogP contribution in [0, 0.1) is 0 Å². The van der Waals surface area contributed by atoms with E-state index in [1.165, 1.54) is 22.7 Å². The highest BCUT2D eigenvalue weighted by Gasteiger charge is 2.29. The maximum atomic E-state index is 12.6. The standard InChI is InChI=1S/C28H34N10O2S2/c1-37(2)21-12-6-10-19(29-21)15-23(39)31-27-35-33-25(41-27)17-8-5-9-18(14-17)26-34-36-28(42-26)32-24(40)16-20-11-7-13-22(30-20)38(3)4/h6-7,10-13,17-18H,5,8-9,14-16H2,1-4H3,(H,31,35,39)(H,32,36,40)/t17-,18-/m0/s1. The fourth-order valence-corrected chi connectivity index (χ4v) is 6.64. The van der Waals surface area contributed by atoms with Gasteiger partial charge in [0.15, 0.2) is 0 Å². The van der Waals surface area contributed by atoms with Crippen LogP contribution in [0.25, 0.3) is 0 Å². The van der Waals surface area contributed by atoms with Crippen LogP contribution in [0.15, 0.2) is 36.4 Å². The van der Waals surface area contributed by atoms with Crippen molar-refractivity contribution in [3.05, 3.63) is 57.8 Å². The van der Waals surface area contributed by atoms with Crippen molar-refractivity contribution in [1.29, 1.82) is 0 Å². The van der Waals surface area contributed by atoms with E-state index >= 15 is 0 Å². The molecule has 1 aliphatic rings. The molecule has 2 N–H and O–H groups in total. The lowest BCUT2D eigenvalue weighted by molar-refractivity contribution is -0.116. The highest BCUT2D eigenvalue weighted by molar-refractivity contribution is 7.15. The number of aromatic nitrogens is 6. The topological polar surface area (TPSA) is 142 Å². The molecule has 2 amide bonds. The maximum Gasteiger partial charge on any atom is 0.232 e. The Morgan fingerprint density at radius 2 is 1.19 bits per heavy atom. The van der Waals surface area contributed by atoms with Crippen molar-refractivity contribution in [2.24, 2.45) is 0 Å². The molecule has 4 heterocycles. The average molecular weight is 607 g/mol. The van der Waals surface area contributed by atoms with Crippen molar-refractivity contribution in [2.75, 3.05) is 48.6 Å². The molecule has 0 saturated heterocycles. The van der Waals surface area contributed by atoms with Gasteiger partial charge in [-0.25, -0.2) is 9.97 Å². The van der Waals surface area contributed by atoms with Gasteiger partial charge in [0.05, 0.1) is 24.2 Å². The van der Waals surface area contributed by atoms with E-state index in [1.54, 1.807) is 0 Å². The van der Waals surface area contributed by atoms with Gasteiger partial charge in [-0.1, -0.05) is 41.2 Å². The quantitative estimate of drug-likeness (QED) is 0.271. The lowest BCUT2D eigenvalue weighted by Crippen LogP contribution is -2.16. The Balaban J connectivity index is 1.14. The van der Waals surface area contributed by atoms with Crippen molar-refractivity contribution in [1.82, 2.24) is 30.4 Å². The molecule has 0 spiro atoms. The van der Waals surface area contributed by atoms with Gasteiger partial charge in [0, 0.05) is 40.0 Å². The summed E-state index contributed by atoms with van der Waals surface area (Å²) in [5.74, 6) is 1.71. The van der Waals surface area contributed by atoms with Crippen LogP contribution in [0.3, 0.4) is 0 Å². The summed E-state index contributed by atoms with van der Waals surface area (Å²) in [4.78, 5) is 38.1. The van der Waals surface area contributed by atoms with Crippen LogP contribution in [0.5, 0.6) is 0 Å². The molecule has 0 bridgehead atoms. The number of hydrogen-bond donors (Lipinski definition) is 2. The minimum Gasteiger partial charge on any atom is -0.363 e. The number of nitrogens with zero attached hydrogens (tertiary/aromatic N) is 8. The molecule has 12 nitrogen and oxygen atoms in total. The molecule has 0 aromatic carbocycles. The van der Waals surface area contributed by atoms with Gasteiger partial charge < -0.3 is 20.4 Å². The molecular formula is C28H34N10O2S2. The number of amides is 2. The number of carbonyl (C=O) groups excluding carboxylic acids is 2. The van der Waals surface area contributed by atoms with Crippen LogP contribution in [0.4, 0.5) is 21.9 Å². The summed E-state index contributed by atoms with van der Waals surface area (Å²) < 4.78 is 0. The smallest absolute Gasteiger partial charge is 0.232 e. The molecule has 0 radical (unpaired) electrons. The first kappa shape index (κ1) is 29.5. The number of pyridine rings is 2. The van der Waals surface area contributed by atoms with Crippen LogP contribution >= 0.6 is 22.7 Å². The molecule has 14 heteroatoms. The van der Waals surface area contributed by atoms with Crippen molar-refractivity contribution >= 4 is 56.4 Å². The largest absolute Gasteiger partial charge is 0.363 e. The third-order valence-corrected chi connectivity index (χ3v) is 8.93. The van der Waals surface area contributed by atoms with Gasteiger partial charge in [-0.05, 0) is 43.5 Å². The molecule has 2 atom stereocenters. The molecule has 0 unspecified atom stereocenters. The van der Waals surface area contributed by atoms with E-state index in [9.17, 15) is 9.59 Å². The summed E-state index contributed by atoms with van der Waals surface area (Å²) in [7, 11) is 7.66.